The fourth-order valence-electron chi connectivity index (χ4n) is 7.64. The van der Waals surface area contributed by atoms with Gasteiger partial charge in [-0.25, -0.2) is 4.79 Å². The van der Waals surface area contributed by atoms with Gasteiger partial charge >= 0.3 is 11.9 Å². The molecule has 0 spiro atoms. The molecule has 7 heteroatoms. The van der Waals surface area contributed by atoms with E-state index in [0.29, 0.717) is 17.6 Å². The number of rotatable bonds is 7. The molecule has 0 radical (unpaired) electrons. The molecule has 0 amide bonds. The van der Waals surface area contributed by atoms with Gasteiger partial charge in [0.05, 0.1) is 12.2 Å². The molecule has 0 aromatic rings. The summed E-state index contributed by atoms with van der Waals surface area (Å²) in [6.45, 7) is 10.7. The molecule has 2 N–H and O–H groups in total. The van der Waals surface area contributed by atoms with Crippen molar-refractivity contribution in [3.05, 3.63) is 47.6 Å². The molecule has 202 valence electrons. The van der Waals surface area contributed by atoms with Crippen LogP contribution in [0.15, 0.2) is 47.6 Å². The molecular weight excluding hydrogens is 472 g/mol. The monoisotopic (exact) mass is 512 g/mol. The fraction of sp³-hybridized carbons (Fsp3) is 0.633. The summed E-state index contributed by atoms with van der Waals surface area (Å²) in [5.41, 5.74) is -1.94. The Kier molecular flexibility index (Phi) is 7.19. The average molecular weight is 513 g/mol. The van der Waals surface area contributed by atoms with Gasteiger partial charge in [-0.05, 0) is 30.9 Å². The Labute approximate surface area is 219 Å². The maximum absolute atomic E-state index is 13.1. The second kappa shape index (κ2) is 9.66. The Morgan fingerprint density at radius 2 is 1.89 bits per heavy atom. The van der Waals surface area contributed by atoms with E-state index in [4.69, 9.17) is 9.47 Å². The summed E-state index contributed by atoms with van der Waals surface area (Å²) < 4.78 is 12.1. The number of unbranched alkanes of at least 4 members (excludes halogenated alkanes) is 1. The van der Waals surface area contributed by atoms with E-state index in [-0.39, 0.29) is 18.3 Å². The van der Waals surface area contributed by atoms with Crippen LogP contribution in [0.4, 0.5) is 0 Å². The van der Waals surface area contributed by atoms with Crippen molar-refractivity contribution in [3.63, 3.8) is 0 Å². The van der Waals surface area contributed by atoms with Crippen LogP contribution in [0.25, 0.3) is 0 Å². The number of aliphatic hydroxyl groups is 2. The third kappa shape index (κ3) is 4.06. The summed E-state index contributed by atoms with van der Waals surface area (Å²) in [4.78, 5) is 38.5. The van der Waals surface area contributed by atoms with Crippen LogP contribution in [0.5, 0.6) is 0 Å². The van der Waals surface area contributed by atoms with Crippen LogP contribution in [0.2, 0.25) is 0 Å². The van der Waals surface area contributed by atoms with Gasteiger partial charge in [-0.2, -0.15) is 0 Å². The lowest BCUT2D eigenvalue weighted by molar-refractivity contribution is -0.217. The summed E-state index contributed by atoms with van der Waals surface area (Å²) in [5, 5.41) is 22.7. The molecule has 37 heavy (non-hydrogen) atoms. The predicted octanol–water partition coefficient (Wildman–Crippen LogP) is 3.85. The number of ether oxygens (including phenoxy) is 2. The molecule has 0 heterocycles. The molecule has 4 aliphatic rings. The molecule has 0 aromatic heterocycles. The number of ketones is 1. The number of carbonyl (C=O) groups excluding carboxylic acids is 3. The maximum Gasteiger partial charge on any atom is 0.331 e. The van der Waals surface area contributed by atoms with E-state index in [2.05, 4.69) is 6.92 Å². The highest BCUT2D eigenvalue weighted by molar-refractivity contribution is 6.00. The minimum Gasteiger partial charge on any atom is -0.455 e. The number of esters is 2. The molecule has 0 aliphatic heterocycles. The quantitative estimate of drug-likeness (QED) is 0.231. The van der Waals surface area contributed by atoms with E-state index in [1.807, 2.05) is 39.0 Å². The predicted molar refractivity (Wildman–Crippen MR) is 138 cm³/mol. The largest absolute Gasteiger partial charge is 0.455 e. The number of Topliss-reactive ketones (excluding diaryl/α,β-unsaturated/α-hetero) is 1. The first-order chi connectivity index (χ1) is 17.4. The molecule has 0 saturated heterocycles. The van der Waals surface area contributed by atoms with E-state index in [1.54, 1.807) is 19.1 Å². The van der Waals surface area contributed by atoms with E-state index in [9.17, 15) is 24.6 Å². The van der Waals surface area contributed by atoms with Crippen LogP contribution in [-0.4, -0.2) is 51.8 Å². The lowest BCUT2D eigenvalue weighted by Gasteiger charge is -2.52. The van der Waals surface area contributed by atoms with Gasteiger partial charge in [0.25, 0.3) is 0 Å². The van der Waals surface area contributed by atoms with E-state index in [0.717, 1.165) is 12.8 Å². The molecule has 2 saturated carbocycles. The van der Waals surface area contributed by atoms with Gasteiger partial charge in [0.15, 0.2) is 11.4 Å². The summed E-state index contributed by atoms with van der Waals surface area (Å²) >= 11 is 0. The number of allylic oxidation sites excluding steroid dienone is 4. The lowest BCUT2D eigenvalue weighted by Crippen LogP contribution is -2.63. The summed E-state index contributed by atoms with van der Waals surface area (Å²) in [7, 11) is 0. The SMILES string of the molecule is CCC/C=C/C=C\C(=O)O[C@@H]1[C@@H](C)[C@]2(O)[C@@H]3C=C(C)C(=O)[C@H]3CC(CO)=C[C@H]2[C@@H]2C(C)(C)[C@]12OC(C)=O. The Bertz CT molecular complexity index is 1100. The maximum atomic E-state index is 13.1. The van der Waals surface area contributed by atoms with Crippen molar-refractivity contribution in [1.82, 2.24) is 0 Å². The van der Waals surface area contributed by atoms with Gasteiger partial charge < -0.3 is 19.7 Å². The van der Waals surface area contributed by atoms with Gasteiger partial charge in [-0.15, -0.1) is 0 Å². The third-order valence-corrected chi connectivity index (χ3v) is 9.38. The van der Waals surface area contributed by atoms with E-state index >= 15 is 0 Å². The van der Waals surface area contributed by atoms with Crippen LogP contribution in [0, 0.1) is 35.0 Å². The number of carbonyl (C=O) groups is 3. The molecular formula is C30H40O7. The van der Waals surface area contributed by atoms with Crippen LogP contribution in [0.1, 0.15) is 60.8 Å². The van der Waals surface area contributed by atoms with Crippen LogP contribution >= 0.6 is 0 Å². The van der Waals surface area contributed by atoms with Crippen molar-refractivity contribution in [3.8, 4) is 0 Å². The van der Waals surface area contributed by atoms with Crippen LogP contribution in [-0.2, 0) is 23.9 Å². The summed E-state index contributed by atoms with van der Waals surface area (Å²) in [6.07, 6.45) is 11.8. The van der Waals surface area contributed by atoms with Crippen molar-refractivity contribution < 1.29 is 34.1 Å². The highest BCUT2D eigenvalue weighted by atomic mass is 16.6. The van der Waals surface area contributed by atoms with Crippen molar-refractivity contribution in [2.45, 2.75) is 78.1 Å². The first kappa shape index (κ1) is 27.5. The third-order valence-electron chi connectivity index (χ3n) is 9.38. The molecule has 7 nitrogen and oxygen atoms in total. The standard InChI is InChI=1S/C30H40O7/c1-7-8-9-10-11-12-24(33)36-27-18(3)29(35)22-13-17(2)25(34)21(22)14-20(16-31)15-23(29)26-28(5,6)30(26,27)37-19(4)32/h9-13,15,18,21-23,26-27,31,35H,7-8,14,16H2,1-6H3/b10-9+,12-11-/t18-,21+,22-,23+,26-,27-,29+,30-/m1/s1. The smallest absolute Gasteiger partial charge is 0.331 e. The van der Waals surface area contributed by atoms with Gasteiger partial charge in [0, 0.05) is 48.0 Å². The fourth-order valence-corrected chi connectivity index (χ4v) is 7.64. The van der Waals surface area contributed by atoms with Crippen LogP contribution < -0.4 is 0 Å². The van der Waals surface area contributed by atoms with Gasteiger partial charge in [0.1, 0.15) is 6.10 Å². The van der Waals surface area contributed by atoms with Crippen molar-refractivity contribution in [2.75, 3.05) is 6.61 Å². The molecule has 4 rings (SSSR count). The zero-order valence-corrected chi connectivity index (χ0v) is 22.7. The normalized spacial score (nSPS) is 39.8. The van der Waals surface area contributed by atoms with Crippen molar-refractivity contribution >= 4 is 17.7 Å². The first-order valence-corrected chi connectivity index (χ1v) is 13.4. The Morgan fingerprint density at radius 1 is 1.19 bits per heavy atom. The second-order valence-electron chi connectivity index (χ2n) is 11.8. The molecule has 2 fully saturated rings. The van der Waals surface area contributed by atoms with Crippen LogP contribution in [0.3, 0.4) is 0 Å². The number of fused-ring (bicyclic) bond motifs is 5. The molecule has 0 bridgehead atoms. The van der Waals surface area contributed by atoms with Crippen molar-refractivity contribution in [2.24, 2.45) is 35.0 Å². The number of hydrogen-bond acceptors (Lipinski definition) is 7. The Morgan fingerprint density at radius 3 is 2.51 bits per heavy atom. The highest BCUT2D eigenvalue weighted by Gasteiger charge is 2.87. The summed E-state index contributed by atoms with van der Waals surface area (Å²) in [6, 6.07) is 0. The van der Waals surface area contributed by atoms with E-state index in [1.165, 1.54) is 13.0 Å². The number of hydrogen-bond donors (Lipinski definition) is 2. The minimum absolute atomic E-state index is 0.0344. The minimum atomic E-state index is -1.45. The second-order valence-corrected chi connectivity index (χ2v) is 11.8. The Hall–Kier alpha value is -2.51. The zero-order valence-electron chi connectivity index (χ0n) is 22.7. The number of aliphatic hydroxyl groups excluding tert-OH is 1. The van der Waals surface area contributed by atoms with Gasteiger partial charge in [0.2, 0.25) is 0 Å². The van der Waals surface area contributed by atoms with Gasteiger partial charge in [-0.3, -0.25) is 9.59 Å². The topological polar surface area (TPSA) is 110 Å². The highest BCUT2D eigenvalue weighted by Crippen LogP contribution is 2.76. The Balaban J connectivity index is 1.81. The lowest BCUT2D eigenvalue weighted by atomic mass is 9.60. The molecule has 8 atom stereocenters. The van der Waals surface area contributed by atoms with E-state index < -0.39 is 58.3 Å². The van der Waals surface area contributed by atoms with Crippen molar-refractivity contribution in [1.29, 1.82) is 0 Å². The molecule has 0 aromatic carbocycles. The summed E-state index contributed by atoms with van der Waals surface area (Å²) in [5.74, 6) is -3.67. The zero-order chi connectivity index (χ0) is 27.3. The molecule has 0 unspecified atom stereocenters. The average Bonchev–Trinajstić information content (AvgIpc) is 3.22. The van der Waals surface area contributed by atoms with Gasteiger partial charge in [-0.1, -0.05) is 64.5 Å². The molecule has 4 aliphatic carbocycles. The first-order valence-electron chi connectivity index (χ1n) is 13.4.